The lowest BCUT2D eigenvalue weighted by Crippen LogP contribution is -2.05. The highest BCUT2D eigenvalue weighted by atomic mass is 79.9. The fraction of sp³-hybridized carbons (Fsp3) is 0.100. The lowest BCUT2D eigenvalue weighted by atomic mass is 10.2. The average Bonchev–Trinajstić information content (AvgIpc) is 2.76. The van der Waals surface area contributed by atoms with Crippen molar-refractivity contribution in [3.8, 4) is 0 Å². The van der Waals surface area contributed by atoms with Crippen LogP contribution >= 0.6 is 27.3 Å². The monoisotopic (exact) mass is 347 g/mol. The van der Waals surface area contributed by atoms with Gasteiger partial charge in [0.2, 0.25) is 0 Å². The summed E-state index contributed by atoms with van der Waals surface area (Å²) in [7, 11) is 0. The molecular weight excluding hydrogens is 341 g/mol. The van der Waals surface area contributed by atoms with Crippen LogP contribution in [0.4, 0.5) is 15.8 Å². The second kappa shape index (κ2) is 5.49. The van der Waals surface area contributed by atoms with Gasteiger partial charge in [0.1, 0.15) is 11.5 Å². The smallest absolute Gasteiger partial charge is 0.304 e. The molecule has 1 aromatic heterocycles. The number of nitrogens with one attached hydrogen (secondary N) is 2. The van der Waals surface area contributed by atoms with Crippen molar-refractivity contribution < 1.29 is 9.31 Å². The summed E-state index contributed by atoms with van der Waals surface area (Å²) in [5.74, 6) is -0.605. The van der Waals surface area contributed by atoms with E-state index in [1.54, 1.807) is 5.38 Å². The van der Waals surface area contributed by atoms with Crippen LogP contribution in [0, 0.1) is 15.9 Å². The maximum absolute atomic E-state index is 13.4. The van der Waals surface area contributed by atoms with Crippen molar-refractivity contribution in [2.24, 2.45) is 0 Å². The van der Waals surface area contributed by atoms with E-state index >= 15 is 0 Å². The minimum atomic E-state index is -0.608. The number of aromatic amines is 1. The molecule has 100 valence electrons. The molecule has 0 saturated heterocycles. The Hall–Kier alpha value is -1.74. The summed E-state index contributed by atoms with van der Waals surface area (Å²) in [4.78, 5) is 23.5. The van der Waals surface area contributed by atoms with Crippen molar-refractivity contribution in [2.45, 2.75) is 6.54 Å². The highest BCUT2D eigenvalue weighted by Crippen LogP contribution is 2.30. The molecule has 0 aliphatic carbocycles. The van der Waals surface area contributed by atoms with Gasteiger partial charge in [-0.15, -0.1) is 0 Å². The predicted octanol–water partition coefficient (Wildman–Crippen LogP) is 2.86. The van der Waals surface area contributed by atoms with Crippen LogP contribution in [-0.2, 0) is 6.54 Å². The van der Waals surface area contributed by atoms with Gasteiger partial charge >= 0.3 is 4.87 Å². The van der Waals surface area contributed by atoms with Crippen LogP contribution in [0.3, 0.4) is 0 Å². The number of thiazole rings is 1. The molecule has 6 nitrogen and oxygen atoms in total. The largest absolute Gasteiger partial charge is 0.374 e. The summed E-state index contributed by atoms with van der Waals surface area (Å²) >= 11 is 3.88. The van der Waals surface area contributed by atoms with Gasteiger partial charge in [-0.05, 0) is 15.9 Å². The zero-order chi connectivity index (χ0) is 14.0. The average molecular weight is 348 g/mol. The van der Waals surface area contributed by atoms with Crippen LogP contribution < -0.4 is 10.2 Å². The minimum Gasteiger partial charge on any atom is -0.374 e. The van der Waals surface area contributed by atoms with Gasteiger partial charge < -0.3 is 10.3 Å². The molecule has 1 heterocycles. The maximum atomic E-state index is 13.4. The summed E-state index contributed by atoms with van der Waals surface area (Å²) in [6.45, 7) is 0.167. The Morgan fingerprint density at radius 3 is 2.84 bits per heavy atom. The van der Waals surface area contributed by atoms with E-state index in [-0.39, 0.29) is 27.3 Å². The second-order valence-electron chi connectivity index (χ2n) is 3.57. The third-order valence-electron chi connectivity index (χ3n) is 2.28. The second-order valence-corrected chi connectivity index (χ2v) is 5.26. The lowest BCUT2D eigenvalue weighted by Gasteiger charge is -2.06. The van der Waals surface area contributed by atoms with Crippen molar-refractivity contribution in [2.75, 3.05) is 5.32 Å². The van der Waals surface area contributed by atoms with Gasteiger partial charge in [0.05, 0.1) is 15.9 Å². The van der Waals surface area contributed by atoms with Crippen LogP contribution in [0.2, 0.25) is 0 Å². The molecule has 0 saturated carbocycles. The number of aromatic nitrogens is 1. The molecule has 0 bridgehead atoms. The molecule has 0 radical (unpaired) electrons. The first-order valence-corrected chi connectivity index (χ1v) is 6.68. The normalized spacial score (nSPS) is 10.4. The highest BCUT2D eigenvalue weighted by molar-refractivity contribution is 9.10. The van der Waals surface area contributed by atoms with Crippen LogP contribution in [-0.4, -0.2) is 9.91 Å². The Morgan fingerprint density at radius 2 is 2.26 bits per heavy atom. The number of halogens is 2. The predicted molar refractivity (Wildman–Crippen MR) is 73.0 cm³/mol. The van der Waals surface area contributed by atoms with E-state index < -0.39 is 10.7 Å². The van der Waals surface area contributed by atoms with E-state index in [4.69, 9.17) is 0 Å². The van der Waals surface area contributed by atoms with Crippen molar-refractivity contribution in [3.63, 3.8) is 0 Å². The van der Waals surface area contributed by atoms with Gasteiger partial charge in [-0.3, -0.25) is 14.9 Å². The number of nitro benzene ring substituents is 1. The van der Waals surface area contributed by atoms with Crippen LogP contribution in [0.1, 0.15) is 5.69 Å². The molecule has 2 rings (SSSR count). The maximum Gasteiger partial charge on any atom is 0.304 e. The van der Waals surface area contributed by atoms with Gasteiger partial charge in [-0.2, -0.15) is 0 Å². The first-order valence-electron chi connectivity index (χ1n) is 5.01. The summed E-state index contributed by atoms with van der Waals surface area (Å²) in [6.07, 6.45) is 0. The van der Waals surface area contributed by atoms with Gasteiger partial charge in [0.15, 0.2) is 0 Å². The molecule has 0 spiro atoms. The SMILES string of the molecule is O=c1[nH]c(CNc2cc(F)c(Br)cc2[N+](=O)[O-])cs1. The number of H-pyrrole nitrogens is 1. The molecule has 19 heavy (non-hydrogen) atoms. The molecule has 0 aliphatic heterocycles. The summed E-state index contributed by atoms with van der Waals surface area (Å²) in [5, 5.41) is 15.2. The zero-order valence-corrected chi connectivity index (χ0v) is 11.7. The number of rotatable bonds is 4. The van der Waals surface area contributed by atoms with E-state index in [1.165, 1.54) is 0 Å². The molecule has 0 atom stereocenters. The van der Waals surface area contributed by atoms with Crippen LogP contribution in [0.5, 0.6) is 0 Å². The number of hydrogen-bond donors (Lipinski definition) is 2. The van der Waals surface area contributed by atoms with Gasteiger partial charge in [0.25, 0.3) is 5.69 Å². The van der Waals surface area contributed by atoms with Crippen molar-refractivity contribution >= 4 is 38.6 Å². The standard InChI is InChI=1S/C10H7BrFN3O3S/c11-6-1-9(15(17)18)8(2-7(6)12)13-3-5-4-19-10(16)14-5/h1-2,4,13H,3H2,(H,14,16). The highest BCUT2D eigenvalue weighted by Gasteiger charge is 2.17. The molecule has 0 unspecified atom stereocenters. The van der Waals surface area contributed by atoms with Gasteiger partial charge in [-0.1, -0.05) is 11.3 Å². The molecule has 0 fully saturated rings. The Bertz CT molecular complexity index is 685. The van der Waals surface area contributed by atoms with E-state index in [1.807, 2.05) is 0 Å². The van der Waals surface area contributed by atoms with Gasteiger partial charge in [0, 0.05) is 23.2 Å². The molecule has 1 aromatic carbocycles. The Morgan fingerprint density at radius 1 is 1.53 bits per heavy atom. The topological polar surface area (TPSA) is 88.0 Å². The third-order valence-corrected chi connectivity index (χ3v) is 3.60. The van der Waals surface area contributed by atoms with Crippen molar-refractivity contribution in [1.29, 1.82) is 0 Å². The number of hydrogen-bond acceptors (Lipinski definition) is 5. The molecule has 2 aromatic rings. The lowest BCUT2D eigenvalue weighted by molar-refractivity contribution is -0.384. The third kappa shape index (κ3) is 3.18. The number of benzene rings is 1. The van der Waals surface area contributed by atoms with E-state index in [2.05, 4.69) is 26.2 Å². The molecule has 9 heteroatoms. The summed E-state index contributed by atoms with van der Waals surface area (Å²) < 4.78 is 13.4. The first kappa shape index (κ1) is 13.7. The fourth-order valence-corrected chi connectivity index (χ4v) is 2.33. The van der Waals surface area contributed by atoms with Crippen LogP contribution in [0.25, 0.3) is 0 Å². The fourth-order valence-electron chi connectivity index (χ4n) is 1.42. The zero-order valence-electron chi connectivity index (χ0n) is 9.28. The van der Waals surface area contributed by atoms with Crippen LogP contribution in [0.15, 0.2) is 26.8 Å². The van der Waals surface area contributed by atoms with E-state index in [9.17, 15) is 19.3 Å². The molecule has 0 aliphatic rings. The minimum absolute atomic E-state index is 0.0219. The van der Waals surface area contributed by atoms with Crippen molar-refractivity contribution in [1.82, 2.24) is 4.98 Å². The van der Waals surface area contributed by atoms with E-state index in [0.717, 1.165) is 23.5 Å². The van der Waals surface area contributed by atoms with Crippen molar-refractivity contribution in [3.05, 3.63) is 53.3 Å². The summed E-state index contributed by atoms with van der Waals surface area (Å²) in [5.41, 5.74) is 0.385. The quantitative estimate of drug-likeness (QED) is 0.657. The summed E-state index contributed by atoms with van der Waals surface area (Å²) in [6, 6.07) is 2.13. The Labute approximate surface area is 118 Å². The molecule has 2 N–H and O–H groups in total. The number of nitro groups is 1. The number of nitrogens with zero attached hydrogens (tertiary/aromatic N) is 1. The van der Waals surface area contributed by atoms with E-state index in [0.29, 0.717) is 5.69 Å². The Kier molecular flexibility index (Phi) is 3.96. The van der Waals surface area contributed by atoms with Gasteiger partial charge in [-0.25, -0.2) is 4.39 Å². The first-order chi connectivity index (χ1) is 8.97. The molecular formula is C10H7BrFN3O3S. The number of anilines is 1. The molecule has 0 amide bonds. The Balaban J connectivity index is 2.26.